The molecule has 160 valence electrons. The van der Waals surface area contributed by atoms with Gasteiger partial charge in [-0.25, -0.2) is 4.98 Å². The molecule has 9 heteroatoms. The standard InChI is InChI=1S/C22H24N6O3/c1-15-12-18(27-31-15)25-22(30)20(16-6-3-2-4-7-16)28-11-5-8-17(14-28)21(29)26-19-13-23-9-10-24-19/h2-4,6-7,9-10,12-13,17,20H,5,8,11,14H2,1H3,(H,24,26,29)(H,25,27,30). The lowest BCUT2D eigenvalue weighted by molar-refractivity contribution is -0.126. The smallest absolute Gasteiger partial charge is 0.247 e. The Morgan fingerprint density at radius 2 is 2.00 bits per heavy atom. The molecule has 3 aromatic rings. The van der Waals surface area contributed by atoms with Crippen molar-refractivity contribution in [3.8, 4) is 0 Å². The molecule has 2 amide bonds. The van der Waals surface area contributed by atoms with Crippen LogP contribution >= 0.6 is 0 Å². The first-order valence-corrected chi connectivity index (χ1v) is 10.2. The molecule has 3 heterocycles. The molecule has 0 saturated carbocycles. The number of carbonyl (C=O) groups excluding carboxylic acids is 2. The van der Waals surface area contributed by atoms with Crippen LogP contribution in [0, 0.1) is 12.8 Å². The monoisotopic (exact) mass is 420 g/mol. The summed E-state index contributed by atoms with van der Waals surface area (Å²) in [5, 5.41) is 9.52. The molecule has 1 fully saturated rings. The summed E-state index contributed by atoms with van der Waals surface area (Å²) in [4.78, 5) is 36.2. The van der Waals surface area contributed by atoms with Crippen molar-refractivity contribution >= 4 is 23.5 Å². The number of carbonyl (C=O) groups is 2. The van der Waals surface area contributed by atoms with Crippen LogP contribution in [0.25, 0.3) is 0 Å². The van der Waals surface area contributed by atoms with E-state index in [4.69, 9.17) is 4.52 Å². The van der Waals surface area contributed by atoms with Crippen molar-refractivity contribution in [3.05, 3.63) is 66.3 Å². The maximum atomic E-state index is 13.2. The summed E-state index contributed by atoms with van der Waals surface area (Å²) < 4.78 is 5.06. The van der Waals surface area contributed by atoms with Crippen LogP contribution in [-0.2, 0) is 9.59 Å². The van der Waals surface area contributed by atoms with E-state index in [1.165, 1.54) is 12.4 Å². The largest absolute Gasteiger partial charge is 0.360 e. The van der Waals surface area contributed by atoms with Gasteiger partial charge < -0.3 is 15.2 Å². The summed E-state index contributed by atoms with van der Waals surface area (Å²) in [6, 6.07) is 10.7. The first-order valence-electron chi connectivity index (χ1n) is 10.2. The predicted molar refractivity (Wildman–Crippen MR) is 114 cm³/mol. The molecule has 0 bridgehead atoms. The van der Waals surface area contributed by atoms with E-state index in [1.54, 1.807) is 19.2 Å². The van der Waals surface area contributed by atoms with E-state index in [9.17, 15) is 9.59 Å². The first kappa shape index (κ1) is 20.7. The van der Waals surface area contributed by atoms with Crippen LogP contribution in [0.2, 0.25) is 0 Å². The Kier molecular flexibility index (Phi) is 6.32. The fraction of sp³-hybridized carbons (Fsp3) is 0.318. The van der Waals surface area contributed by atoms with E-state index in [0.29, 0.717) is 30.5 Å². The Bertz CT molecular complexity index is 1020. The molecule has 1 aliphatic rings. The maximum absolute atomic E-state index is 13.2. The highest BCUT2D eigenvalue weighted by atomic mass is 16.5. The first-order chi connectivity index (χ1) is 15.1. The van der Waals surface area contributed by atoms with Crippen molar-refractivity contribution in [1.29, 1.82) is 0 Å². The molecule has 2 atom stereocenters. The normalized spacial score (nSPS) is 17.6. The number of nitrogens with zero attached hydrogens (tertiary/aromatic N) is 4. The van der Waals surface area contributed by atoms with Gasteiger partial charge in [-0.2, -0.15) is 0 Å². The van der Waals surface area contributed by atoms with Crippen molar-refractivity contribution in [1.82, 2.24) is 20.0 Å². The Balaban J connectivity index is 1.51. The Morgan fingerprint density at radius 3 is 2.71 bits per heavy atom. The minimum absolute atomic E-state index is 0.121. The van der Waals surface area contributed by atoms with Crippen LogP contribution in [0.5, 0.6) is 0 Å². The van der Waals surface area contributed by atoms with Crippen LogP contribution in [-0.4, -0.2) is 44.9 Å². The summed E-state index contributed by atoms with van der Waals surface area (Å²) >= 11 is 0. The summed E-state index contributed by atoms with van der Waals surface area (Å²) in [7, 11) is 0. The summed E-state index contributed by atoms with van der Waals surface area (Å²) in [6.45, 7) is 2.93. The van der Waals surface area contributed by atoms with Crippen molar-refractivity contribution in [2.24, 2.45) is 5.92 Å². The zero-order valence-corrected chi connectivity index (χ0v) is 17.2. The Hall–Kier alpha value is -3.59. The molecule has 2 unspecified atom stereocenters. The molecular weight excluding hydrogens is 396 g/mol. The molecule has 0 spiro atoms. The lowest BCUT2D eigenvalue weighted by atomic mass is 9.93. The molecule has 31 heavy (non-hydrogen) atoms. The summed E-state index contributed by atoms with van der Waals surface area (Å²) in [6.07, 6.45) is 6.15. The van der Waals surface area contributed by atoms with E-state index in [2.05, 4.69) is 25.8 Å². The van der Waals surface area contributed by atoms with E-state index < -0.39 is 6.04 Å². The average molecular weight is 420 g/mol. The predicted octanol–water partition coefficient (Wildman–Crippen LogP) is 2.80. The molecule has 9 nitrogen and oxygen atoms in total. The quantitative estimate of drug-likeness (QED) is 0.630. The molecular formula is C22H24N6O3. The van der Waals surface area contributed by atoms with Gasteiger partial charge in [-0.05, 0) is 31.9 Å². The second-order valence-corrected chi connectivity index (χ2v) is 7.54. The third-order valence-corrected chi connectivity index (χ3v) is 5.25. The van der Waals surface area contributed by atoms with E-state index in [-0.39, 0.29) is 17.7 Å². The van der Waals surface area contributed by atoms with Crippen molar-refractivity contribution < 1.29 is 14.1 Å². The lowest BCUT2D eigenvalue weighted by Crippen LogP contribution is -2.46. The summed E-state index contributed by atoms with van der Waals surface area (Å²) in [5.41, 5.74) is 0.857. The molecule has 2 N–H and O–H groups in total. The second kappa shape index (κ2) is 9.48. The number of benzene rings is 1. The number of aryl methyl sites for hydroxylation is 1. The third kappa shape index (κ3) is 5.13. The number of anilines is 2. The van der Waals surface area contributed by atoms with Crippen LogP contribution < -0.4 is 10.6 Å². The minimum Gasteiger partial charge on any atom is -0.360 e. The topological polar surface area (TPSA) is 113 Å². The van der Waals surface area contributed by atoms with Gasteiger partial charge in [0.2, 0.25) is 11.8 Å². The molecule has 1 aromatic carbocycles. The number of amides is 2. The van der Waals surface area contributed by atoms with Gasteiger partial charge in [-0.1, -0.05) is 35.5 Å². The van der Waals surface area contributed by atoms with Crippen molar-refractivity contribution in [3.63, 3.8) is 0 Å². The Morgan fingerprint density at radius 1 is 1.16 bits per heavy atom. The summed E-state index contributed by atoms with van der Waals surface area (Å²) in [5.74, 6) is 0.814. The average Bonchev–Trinajstić information content (AvgIpc) is 3.20. The number of hydrogen-bond donors (Lipinski definition) is 2. The fourth-order valence-corrected chi connectivity index (χ4v) is 3.83. The van der Waals surface area contributed by atoms with E-state index >= 15 is 0 Å². The van der Waals surface area contributed by atoms with Gasteiger partial charge in [0.25, 0.3) is 0 Å². The van der Waals surface area contributed by atoms with Crippen molar-refractivity contribution in [2.45, 2.75) is 25.8 Å². The van der Waals surface area contributed by atoms with Crippen LogP contribution in [0.15, 0.2) is 59.5 Å². The fourth-order valence-electron chi connectivity index (χ4n) is 3.83. The van der Waals surface area contributed by atoms with Gasteiger partial charge in [0.05, 0.1) is 12.1 Å². The van der Waals surface area contributed by atoms with Crippen LogP contribution in [0.1, 0.15) is 30.2 Å². The van der Waals surface area contributed by atoms with Gasteiger partial charge in [0.1, 0.15) is 11.8 Å². The molecule has 0 aliphatic carbocycles. The van der Waals surface area contributed by atoms with Crippen molar-refractivity contribution in [2.75, 3.05) is 23.7 Å². The van der Waals surface area contributed by atoms with Crippen LogP contribution in [0.3, 0.4) is 0 Å². The number of piperidine rings is 1. The maximum Gasteiger partial charge on any atom is 0.247 e. The van der Waals surface area contributed by atoms with Gasteiger partial charge in [0.15, 0.2) is 11.6 Å². The van der Waals surface area contributed by atoms with Crippen LogP contribution in [0.4, 0.5) is 11.6 Å². The number of hydrogen-bond acceptors (Lipinski definition) is 7. The zero-order valence-electron chi connectivity index (χ0n) is 17.2. The highest BCUT2D eigenvalue weighted by molar-refractivity contribution is 5.95. The highest BCUT2D eigenvalue weighted by Crippen LogP contribution is 2.29. The number of nitrogens with one attached hydrogen (secondary N) is 2. The highest BCUT2D eigenvalue weighted by Gasteiger charge is 2.34. The SMILES string of the molecule is Cc1cc(NC(=O)C(c2ccccc2)N2CCCC(C(=O)Nc3cnccn3)C2)no1. The molecule has 4 rings (SSSR count). The minimum atomic E-state index is -0.551. The van der Waals surface area contributed by atoms with E-state index in [1.807, 2.05) is 35.2 Å². The molecule has 0 radical (unpaired) electrons. The Labute approximate surface area is 179 Å². The van der Waals surface area contributed by atoms with Gasteiger partial charge in [-0.3, -0.25) is 19.5 Å². The number of aromatic nitrogens is 3. The van der Waals surface area contributed by atoms with Gasteiger partial charge >= 0.3 is 0 Å². The molecule has 2 aromatic heterocycles. The van der Waals surface area contributed by atoms with Gasteiger partial charge in [0, 0.05) is 25.0 Å². The zero-order chi connectivity index (χ0) is 21.6. The van der Waals surface area contributed by atoms with Gasteiger partial charge in [-0.15, -0.1) is 0 Å². The number of likely N-dealkylation sites (tertiary alicyclic amines) is 1. The lowest BCUT2D eigenvalue weighted by Gasteiger charge is -2.37. The third-order valence-electron chi connectivity index (χ3n) is 5.25. The molecule has 1 saturated heterocycles. The van der Waals surface area contributed by atoms with E-state index in [0.717, 1.165) is 18.4 Å². The number of rotatable bonds is 6. The molecule has 1 aliphatic heterocycles. The second-order valence-electron chi connectivity index (χ2n) is 7.54.